The van der Waals surface area contributed by atoms with Gasteiger partial charge in [-0.25, -0.2) is 13.1 Å². The van der Waals surface area contributed by atoms with Crippen molar-refractivity contribution >= 4 is 10.0 Å². The maximum atomic E-state index is 12.9. The Bertz CT molecular complexity index is 799. The smallest absolute Gasteiger partial charge is 0.244 e. The van der Waals surface area contributed by atoms with Gasteiger partial charge in [-0.15, -0.1) is 0 Å². The molecule has 0 saturated heterocycles. The molecule has 1 atom stereocenters. The highest BCUT2D eigenvalue weighted by molar-refractivity contribution is 7.89. The van der Waals surface area contributed by atoms with Gasteiger partial charge in [0.1, 0.15) is 10.6 Å². The molecule has 24 heavy (non-hydrogen) atoms. The molecule has 0 aliphatic rings. The van der Waals surface area contributed by atoms with E-state index in [-0.39, 0.29) is 16.9 Å². The van der Waals surface area contributed by atoms with E-state index in [4.69, 9.17) is 4.74 Å². The minimum Gasteiger partial charge on any atom is -0.495 e. The van der Waals surface area contributed by atoms with Gasteiger partial charge in [0.2, 0.25) is 10.0 Å². The second-order valence-electron chi connectivity index (χ2n) is 6.27. The molecule has 2 aromatic rings. The van der Waals surface area contributed by atoms with Gasteiger partial charge < -0.3 is 4.74 Å². The third-order valence-electron chi connectivity index (χ3n) is 4.10. The van der Waals surface area contributed by atoms with E-state index >= 15 is 0 Å². The molecule has 1 N–H and O–H groups in total. The van der Waals surface area contributed by atoms with E-state index in [0.717, 1.165) is 16.7 Å². The molecule has 5 heteroatoms. The van der Waals surface area contributed by atoms with E-state index in [1.807, 2.05) is 58.0 Å². The number of aryl methyl sites for hydroxylation is 1. The first-order valence-corrected chi connectivity index (χ1v) is 9.50. The fourth-order valence-corrected chi connectivity index (χ4v) is 4.19. The summed E-state index contributed by atoms with van der Waals surface area (Å²) in [5, 5.41) is 0. The summed E-state index contributed by atoms with van der Waals surface area (Å²) >= 11 is 0. The van der Waals surface area contributed by atoms with Crippen LogP contribution in [0.1, 0.15) is 49.4 Å². The lowest BCUT2D eigenvalue weighted by Crippen LogP contribution is -2.27. The number of benzene rings is 2. The van der Waals surface area contributed by atoms with Gasteiger partial charge in [0.05, 0.1) is 7.11 Å². The van der Waals surface area contributed by atoms with E-state index in [2.05, 4.69) is 4.72 Å². The molecule has 0 amide bonds. The van der Waals surface area contributed by atoms with Crippen molar-refractivity contribution in [1.82, 2.24) is 4.72 Å². The average molecular weight is 347 g/mol. The Kier molecular flexibility index (Phi) is 5.67. The van der Waals surface area contributed by atoms with Crippen molar-refractivity contribution in [3.63, 3.8) is 0 Å². The predicted molar refractivity (Wildman–Crippen MR) is 97.0 cm³/mol. The van der Waals surface area contributed by atoms with Gasteiger partial charge in [-0.2, -0.15) is 0 Å². The molecule has 4 nitrogen and oxygen atoms in total. The van der Waals surface area contributed by atoms with Gasteiger partial charge in [-0.3, -0.25) is 0 Å². The first kappa shape index (κ1) is 18.5. The van der Waals surface area contributed by atoms with Crippen molar-refractivity contribution in [2.75, 3.05) is 7.11 Å². The predicted octanol–water partition coefficient (Wildman–Crippen LogP) is 4.17. The van der Waals surface area contributed by atoms with Crippen molar-refractivity contribution in [2.24, 2.45) is 0 Å². The van der Waals surface area contributed by atoms with E-state index in [1.54, 1.807) is 12.1 Å². The molecule has 0 heterocycles. The number of hydrogen-bond acceptors (Lipinski definition) is 3. The molecule has 130 valence electrons. The lowest BCUT2D eigenvalue weighted by molar-refractivity contribution is 0.401. The molecule has 0 aliphatic heterocycles. The summed E-state index contributed by atoms with van der Waals surface area (Å²) in [5.41, 5.74) is 2.94. The van der Waals surface area contributed by atoms with E-state index in [1.165, 1.54) is 7.11 Å². The van der Waals surface area contributed by atoms with Crippen molar-refractivity contribution in [3.05, 3.63) is 59.2 Å². The zero-order chi connectivity index (χ0) is 17.9. The van der Waals surface area contributed by atoms with Crippen LogP contribution in [0.2, 0.25) is 0 Å². The topological polar surface area (TPSA) is 55.4 Å². The van der Waals surface area contributed by atoms with Gasteiger partial charge in [0, 0.05) is 6.04 Å². The van der Waals surface area contributed by atoms with Crippen LogP contribution < -0.4 is 9.46 Å². The van der Waals surface area contributed by atoms with Crippen LogP contribution in [0.3, 0.4) is 0 Å². The largest absolute Gasteiger partial charge is 0.495 e. The maximum Gasteiger partial charge on any atom is 0.244 e. The molecule has 0 aromatic heterocycles. The summed E-state index contributed by atoms with van der Waals surface area (Å²) in [7, 11) is -2.21. The number of methoxy groups -OCH3 is 1. The molecular weight excluding hydrogens is 322 g/mol. The van der Waals surface area contributed by atoms with Gasteiger partial charge >= 0.3 is 0 Å². The first-order valence-electron chi connectivity index (χ1n) is 8.02. The van der Waals surface area contributed by atoms with Gasteiger partial charge in [0.25, 0.3) is 0 Å². The Hall–Kier alpha value is -1.85. The fraction of sp³-hybridized carbons (Fsp3) is 0.368. The van der Waals surface area contributed by atoms with Gasteiger partial charge in [0.15, 0.2) is 0 Å². The molecule has 0 spiro atoms. The van der Waals surface area contributed by atoms with Crippen LogP contribution in [0.25, 0.3) is 0 Å². The molecule has 0 saturated carbocycles. The van der Waals surface area contributed by atoms with Crippen LogP contribution in [-0.2, 0) is 10.0 Å². The molecule has 0 radical (unpaired) electrons. The lowest BCUT2D eigenvalue weighted by Gasteiger charge is -2.19. The van der Waals surface area contributed by atoms with E-state index < -0.39 is 10.0 Å². The summed E-state index contributed by atoms with van der Waals surface area (Å²) in [5.74, 6) is 0.598. The number of nitrogens with one attached hydrogen (secondary N) is 1. The number of hydrogen-bond donors (Lipinski definition) is 1. The number of rotatable bonds is 6. The van der Waals surface area contributed by atoms with Crippen molar-refractivity contribution in [3.8, 4) is 5.75 Å². The van der Waals surface area contributed by atoms with Crippen LogP contribution in [0.5, 0.6) is 5.75 Å². The zero-order valence-corrected chi connectivity index (χ0v) is 15.6. The first-order chi connectivity index (χ1) is 11.3. The second kappa shape index (κ2) is 7.36. The van der Waals surface area contributed by atoms with Crippen molar-refractivity contribution < 1.29 is 13.2 Å². The second-order valence-corrected chi connectivity index (χ2v) is 7.95. The average Bonchev–Trinajstić information content (AvgIpc) is 2.54. The fourth-order valence-electron chi connectivity index (χ4n) is 2.77. The molecule has 0 aliphatic carbocycles. The number of sulfonamides is 1. The quantitative estimate of drug-likeness (QED) is 0.853. The Morgan fingerprint density at radius 1 is 1.04 bits per heavy atom. The van der Waals surface area contributed by atoms with Crippen LogP contribution in [0.15, 0.2) is 47.4 Å². The van der Waals surface area contributed by atoms with Crippen LogP contribution >= 0.6 is 0 Å². The Morgan fingerprint density at radius 2 is 1.67 bits per heavy atom. The highest BCUT2D eigenvalue weighted by atomic mass is 32.2. The third-order valence-corrected chi connectivity index (χ3v) is 5.66. The minimum atomic E-state index is -3.70. The molecule has 0 bridgehead atoms. The number of ether oxygens (including phenoxy) is 1. The highest BCUT2D eigenvalue weighted by Gasteiger charge is 2.24. The third kappa shape index (κ3) is 3.97. The minimum absolute atomic E-state index is 0.182. The Balaban J connectivity index is 2.43. The van der Waals surface area contributed by atoms with Crippen molar-refractivity contribution in [2.45, 2.75) is 44.6 Å². The summed E-state index contributed by atoms with van der Waals surface area (Å²) in [6, 6.07) is 12.7. The zero-order valence-electron chi connectivity index (χ0n) is 14.8. The van der Waals surface area contributed by atoms with E-state index in [9.17, 15) is 8.42 Å². The maximum absolute atomic E-state index is 12.9. The molecule has 2 aromatic carbocycles. The monoisotopic (exact) mass is 347 g/mol. The summed E-state index contributed by atoms with van der Waals surface area (Å²) in [4.78, 5) is 0.182. The van der Waals surface area contributed by atoms with Crippen molar-refractivity contribution in [1.29, 1.82) is 0 Å². The van der Waals surface area contributed by atoms with Gasteiger partial charge in [-0.1, -0.05) is 44.2 Å². The SMILES string of the molecule is COc1cc(C)c(C(C)C)cc1S(=O)(=O)N[C@@H](C)c1ccccc1. The van der Waals surface area contributed by atoms with Crippen LogP contribution in [0.4, 0.5) is 0 Å². The molecule has 0 unspecified atom stereocenters. The highest BCUT2D eigenvalue weighted by Crippen LogP contribution is 2.31. The Morgan fingerprint density at radius 3 is 2.21 bits per heavy atom. The summed E-state index contributed by atoms with van der Waals surface area (Å²) in [6.45, 7) is 7.89. The molecule has 2 rings (SSSR count). The molecule has 0 fully saturated rings. The normalized spacial score (nSPS) is 13.1. The standard InChI is InChI=1S/C19H25NO3S/c1-13(2)17-12-19(18(23-5)11-14(17)3)24(21,22)20-15(4)16-9-7-6-8-10-16/h6-13,15,20H,1-5H3/t15-/m0/s1. The van der Waals surface area contributed by atoms with Crippen LogP contribution in [0, 0.1) is 6.92 Å². The lowest BCUT2D eigenvalue weighted by atomic mass is 9.98. The summed E-state index contributed by atoms with van der Waals surface area (Å²) in [6.07, 6.45) is 0. The van der Waals surface area contributed by atoms with Crippen LogP contribution in [-0.4, -0.2) is 15.5 Å². The van der Waals surface area contributed by atoms with Gasteiger partial charge in [-0.05, 0) is 48.6 Å². The summed E-state index contributed by atoms with van der Waals surface area (Å²) < 4.78 is 33.8. The van der Waals surface area contributed by atoms with E-state index in [0.29, 0.717) is 5.75 Å². The Labute approximate surface area is 144 Å². The molecular formula is C19H25NO3S.